The van der Waals surface area contributed by atoms with Crippen molar-refractivity contribution in [1.82, 2.24) is 9.88 Å². The van der Waals surface area contributed by atoms with Crippen LogP contribution in [0, 0.1) is 0 Å². The van der Waals surface area contributed by atoms with E-state index in [1.807, 2.05) is 17.0 Å². The molecule has 0 bridgehead atoms. The molecule has 4 nitrogen and oxygen atoms in total. The number of H-pyrrole nitrogens is 1. The van der Waals surface area contributed by atoms with Crippen LogP contribution >= 0.6 is 0 Å². The Morgan fingerprint density at radius 1 is 1.07 bits per heavy atom. The molecule has 0 atom stereocenters. The lowest BCUT2D eigenvalue weighted by molar-refractivity contribution is -0.274. The quantitative estimate of drug-likeness (QED) is 0.666. The molecular formula is C22H21F3N2O2. The van der Waals surface area contributed by atoms with Crippen LogP contribution in [0.2, 0.25) is 0 Å². The van der Waals surface area contributed by atoms with Crippen molar-refractivity contribution < 1.29 is 22.7 Å². The number of halogens is 3. The summed E-state index contributed by atoms with van der Waals surface area (Å²) >= 11 is 0. The molecule has 3 aromatic rings. The summed E-state index contributed by atoms with van der Waals surface area (Å²) in [5, 5.41) is 1.19. The number of aromatic amines is 1. The number of nitrogens with zero attached hydrogens (tertiary/aromatic N) is 1. The summed E-state index contributed by atoms with van der Waals surface area (Å²) in [4.78, 5) is 17.9. The van der Waals surface area contributed by atoms with E-state index in [1.54, 1.807) is 0 Å². The molecule has 0 spiro atoms. The zero-order chi connectivity index (χ0) is 20.4. The van der Waals surface area contributed by atoms with Gasteiger partial charge in [0.1, 0.15) is 5.75 Å². The van der Waals surface area contributed by atoms with E-state index in [2.05, 4.69) is 27.9 Å². The molecule has 0 saturated carbocycles. The second-order valence-electron chi connectivity index (χ2n) is 7.34. The molecule has 0 radical (unpaired) electrons. The highest BCUT2D eigenvalue weighted by Crippen LogP contribution is 2.30. The van der Waals surface area contributed by atoms with Gasteiger partial charge in [-0.3, -0.25) is 4.79 Å². The summed E-state index contributed by atoms with van der Waals surface area (Å²) in [6, 6.07) is 15.8. The number of rotatable bonds is 4. The molecule has 0 unspecified atom stereocenters. The maximum absolute atomic E-state index is 12.6. The van der Waals surface area contributed by atoms with Crippen molar-refractivity contribution in [2.24, 2.45) is 0 Å². The number of hydrogen-bond acceptors (Lipinski definition) is 2. The third kappa shape index (κ3) is 4.72. The van der Waals surface area contributed by atoms with Crippen LogP contribution in [-0.2, 0) is 11.2 Å². The highest BCUT2D eigenvalue weighted by Gasteiger charge is 2.31. The number of piperidine rings is 1. The molecule has 1 fully saturated rings. The van der Waals surface area contributed by atoms with Gasteiger partial charge in [-0.2, -0.15) is 0 Å². The van der Waals surface area contributed by atoms with Crippen LogP contribution in [0.5, 0.6) is 5.75 Å². The van der Waals surface area contributed by atoms with E-state index in [4.69, 9.17) is 0 Å². The summed E-state index contributed by atoms with van der Waals surface area (Å²) < 4.78 is 40.5. The molecule has 0 aliphatic carbocycles. The van der Waals surface area contributed by atoms with E-state index in [0.29, 0.717) is 24.6 Å². The fourth-order valence-electron chi connectivity index (χ4n) is 3.85. The lowest BCUT2D eigenvalue weighted by atomic mass is 9.93. The Kier molecular flexibility index (Phi) is 5.22. The number of amides is 1. The number of carbonyl (C=O) groups is 1. The van der Waals surface area contributed by atoms with Crippen LogP contribution in [0.1, 0.15) is 30.0 Å². The van der Waals surface area contributed by atoms with Gasteiger partial charge in [0.15, 0.2) is 0 Å². The van der Waals surface area contributed by atoms with Gasteiger partial charge >= 0.3 is 6.36 Å². The van der Waals surface area contributed by atoms with Gasteiger partial charge in [0.05, 0.1) is 6.42 Å². The normalized spacial score (nSPS) is 15.6. The topological polar surface area (TPSA) is 45.3 Å². The first-order valence-electron chi connectivity index (χ1n) is 9.57. The predicted octanol–water partition coefficient (Wildman–Crippen LogP) is 5.02. The van der Waals surface area contributed by atoms with Crippen LogP contribution < -0.4 is 4.74 Å². The largest absolute Gasteiger partial charge is 0.573 e. The third-order valence-corrected chi connectivity index (χ3v) is 5.35. The van der Waals surface area contributed by atoms with Gasteiger partial charge in [0.25, 0.3) is 0 Å². The zero-order valence-corrected chi connectivity index (χ0v) is 15.7. The predicted molar refractivity (Wildman–Crippen MR) is 104 cm³/mol. The van der Waals surface area contributed by atoms with E-state index in [9.17, 15) is 18.0 Å². The van der Waals surface area contributed by atoms with Gasteiger partial charge in [0.2, 0.25) is 5.91 Å². The first kappa shape index (κ1) is 19.4. The third-order valence-electron chi connectivity index (χ3n) is 5.35. The number of para-hydroxylation sites is 1. The number of nitrogens with one attached hydrogen (secondary N) is 1. The van der Waals surface area contributed by atoms with Crippen LogP contribution in [0.25, 0.3) is 10.9 Å². The first-order chi connectivity index (χ1) is 13.9. The van der Waals surface area contributed by atoms with E-state index in [1.165, 1.54) is 35.3 Å². The highest BCUT2D eigenvalue weighted by atomic mass is 19.4. The zero-order valence-electron chi connectivity index (χ0n) is 15.7. The summed E-state index contributed by atoms with van der Waals surface area (Å²) in [6.07, 6.45) is -2.77. The van der Waals surface area contributed by atoms with Crippen LogP contribution in [0.3, 0.4) is 0 Å². The van der Waals surface area contributed by atoms with Gasteiger partial charge in [-0.15, -0.1) is 13.2 Å². The van der Waals surface area contributed by atoms with E-state index < -0.39 is 6.36 Å². The van der Waals surface area contributed by atoms with E-state index >= 15 is 0 Å². The summed E-state index contributed by atoms with van der Waals surface area (Å²) in [5.41, 5.74) is 3.00. The number of hydrogen-bond donors (Lipinski definition) is 1. The number of benzene rings is 2. The standard InChI is InChI=1S/C22H21F3N2O2/c23-22(24,25)29-18-7-5-15(6-8-18)13-21(28)27-11-9-16(10-12-27)20-14-17-3-1-2-4-19(17)26-20/h1-8,14,16,26H,9-13H2. The maximum Gasteiger partial charge on any atom is 0.573 e. The molecule has 1 aromatic heterocycles. The number of likely N-dealkylation sites (tertiary alicyclic amines) is 1. The molecule has 1 aliphatic rings. The molecule has 1 amide bonds. The Hall–Kier alpha value is -2.96. The summed E-state index contributed by atoms with van der Waals surface area (Å²) in [6.45, 7) is 1.35. The van der Waals surface area contributed by atoms with Crippen molar-refractivity contribution in [1.29, 1.82) is 0 Å². The average molecular weight is 402 g/mol. The molecule has 2 heterocycles. The monoisotopic (exact) mass is 402 g/mol. The number of aromatic nitrogens is 1. The molecule has 7 heteroatoms. The maximum atomic E-state index is 12.6. The minimum Gasteiger partial charge on any atom is -0.406 e. The number of carbonyl (C=O) groups excluding carboxylic acids is 1. The molecule has 4 rings (SSSR count). The molecule has 152 valence electrons. The minimum atomic E-state index is -4.72. The molecule has 29 heavy (non-hydrogen) atoms. The average Bonchev–Trinajstić information content (AvgIpc) is 3.13. The number of ether oxygens (including phenoxy) is 1. The second-order valence-corrected chi connectivity index (χ2v) is 7.34. The van der Waals surface area contributed by atoms with Crippen molar-refractivity contribution in [2.45, 2.75) is 31.5 Å². The Labute approximate surface area is 166 Å². The lowest BCUT2D eigenvalue weighted by Gasteiger charge is -2.31. The van der Waals surface area contributed by atoms with Crippen LogP contribution in [-0.4, -0.2) is 35.2 Å². The minimum absolute atomic E-state index is 0.00964. The first-order valence-corrected chi connectivity index (χ1v) is 9.57. The molecule has 2 aromatic carbocycles. The Bertz CT molecular complexity index is 954. The van der Waals surface area contributed by atoms with Gasteiger partial charge in [-0.05, 0) is 48.1 Å². The smallest absolute Gasteiger partial charge is 0.406 e. The fourth-order valence-corrected chi connectivity index (χ4v) is 3.85. The van der Waals surface area contributed by atoms with Crippen LogP contribution in [0.4, 0.5) is 13.2 Å². The molecule has 1 saturated heterocycles. The fraction of sp³-hybridized carbons (Fsp3) is 0.318. The second kappa shape index (κ2) is 7.81. The molecule has 1 N–H and O–H groups in total. The Morgan fingerprint density at radius 2 is 1.76 bits per heavy atom. The highest BCUT2D eigenvalue weighted by molar-refractivity contribution is 5.80. The Balaban J connectivity index is 1.32. The van der Waals surface area contributed by atoms with Gasteiger partial charge < -0.3 is 14.6 Å². The number of alkyl halides is 3. The lowest BCUT2D eigenvalue weighted by Crippen LogP contribution is -2.38. The number of fused-ring (bicyclic) bond motifs is 1. The van der Waals surface area contributed by atoms with Crippen molar-refractivity contribution in [3.8, 4) is 5.75 Å². The van der Waals surface area contributed by atoms with Crippen molar-refractivity contribution in [3.63, 3.8) is 0 Å². The summed E-state index contributed by atoms with van der Waals surface area (Å²) in [7, 11) is 0. The van der Waals surface area contributed by atoms with Crippen molar-refractivity contribution >= 4 is 16.8 Å². The van der Waals surface area contributed by atoms with Gasteiger partial charge in [-0.25, -0.2) is 0 Å². The van der Waals surface area contributed by atoms with Crippen molar-refractivity contribution in [3.05, 3.63) is 65.9 Å². The van der Waals surface area contributed by atoms with Crippen molar-refractivity contribution in [2.75, 3.05) is 13.1 Å². The molecule has 1 aliphatic heterocycles. The van der Waals surface area contributed by atoms with E-state index in [-0.39, 0.29) is 18.1 Å². The van der Waals surface area contributed by atoms with Gasteiger partial charge in [0, 0.05) is 30.2 Å². The Morgan fingerprint density at radius 3 is 2.41 bits per heavy atom. The summed E-state index contributed by atoms with van der Waals surface area (Å²) in [5.74, 6) is 0.0997. The van der Waals surface area contributed by atoms with E-state index in [0.717, 1.165) is 18.4 Å². The van der Waals surface area contributed by atoms with Gasteiger partial charge in [-0.1, -0.05) is 30.3 Å². The SMILES string of the molecule is O=C(Cc1ccc(OC(F)(F)F)cc1)N1CCC(c2cc3ccccc3[nH]2)CC1. The molecular weight excluding hydrogens is 381 g/mol. The van der Waals surface area contributed by atoms with Crippen LogP contribution in [0.15, 0.2) is 54.6 Å².